The maximum Gasteiger partial charge on any atom is 0.314 e. The van der Waals surface area contributed by atoms with Crippen LogP contribution in [0, 0.1) is 5.41 Å². The highest BCUT2D eigenvalue weighted by molar-refractivity contribution is 5.80. The predicted molar refractivity (Wildman–Crippen MR) is 104 cm³/mol. The standard InChI is InChI=1S/C21H25N3O5/c1-29-17-4-2-3-15(11-17)12-21(20(27)28)14-24(10-7-18(21)25)19(26)6-5-16-13-22-8-9-23-16/h2-4,8-9,11,13,18,25H,5-7,10,12,14H2,1H3,(H,27,28)/t18-,21-/m1/s1. The second-order valence-electron chi connectivity index (χ2n) is 7.31. The zero-order chi connectivity index (χ0) is 20.9. The van der Waals surface area contributed by atoms with Crippen molar-refractivity contribution < 1.29 is 24.5 Å². The fourth-order valence-electron chi connectivity index (χ4n) is 3.75. The van der Waals surface area contributed by atoms with Gasteiger partial charge < -0.3 is 19.8 Å². The lowest BCUT2D eigenvalue weighted by Gasteiger charge is -2.43. The van der Waals surface area contributed by atoms with Gasteiger partial charge in [0.25, 0.3) is 0 Å². The van der Waals surface area contributed by atoms with Gasteiger partial charge in [-0.05, 0) is 37.0 Å². The summed E-state index contributed by atoms with van der Waals surface area (Å²) in [5, 5.41) is 20.6. The third-order valence-electron chi connectivity index (χ3n) is 5.43. The van der Waals surface area contributed by atoms with Crippen LogP contribution in [0.3, 0.4) is 0 Å². The Balaban J connectivity index is 1.75. The van der Waals surface area contributed by atoms with E-state index in [1.54, 1.807) is 50.0 Å². The first-order chi connectivity index (χ1) is 13.9. The number of aliphatic hydroxyl groups is 1. The number of carboxylic acids is 1. The third kappa shape index (κ3) is 4.71. The summed E-state index contributed by atoms with van der Waals surface area (Å²) >= 11 is 0. The molecular formula is C21H25N3O5. The molecule has 2 aromatic rings. The summed E-state index contributed by atoms with van der Waals surface area (Å²) in [7, 11) is 1.54. The van der Waals surface area contributed by atoms with Crippen molar-refractivity contribution in [1.82, 2.24) is 14.9 Å². The molecule has 2 atom stereocenters. The molecule has 1 amide bonds. The molecular weight excluding hydrogens is 374 g/mol. The van der Waals surface area contributed by atoms with Gasteiger partial charge in [-0.25, -0.2) is 0 Å². The number of likely N-dealkylation sites (tertiary alicyclic amines) is 1. The number of hydrogen-bond acceptors (Lipinski definition) is 6. The number of aliphatic carboxylic acids is 1. The molecule has 8 heteroatoms. The number of rotatable bonds is 7. The smallest absolute Gasteiger partial charge is 0.314 e. The van der Waals surface area contributed by atoms with Crippen molar-refractivity contribution in [3.05, 3.63) is 54.1 Å². The van der Waals surface area contributed by atoms with Gasteiger partial charge in [0, 0.05) is 38.1 Å². The fraction of sp³-hybridized carbons (Fsp3) is 0.429. The van der Waals surface area contributed by atoms with Crippen molar-refractivity contribution >= 4 is 11.9 Å². The third-order valence-corrected chi connectivity index (χ3v) is 5.43. The summed E-state index contributed by atoms with van der Waals surface area (Å²) in [6, 6.07) is 7.11. The van der Waals surface area contributed by atoms with Crippen LogP contribution in [0.15, 0.2) is 42.9 Å². The molecule has 1 aliphatic rings. The van der Waals surface area contributed by atoms with Crippen LogP contribution in [0.5, 0.6) is 5.75 Å². The predicted octanol–water partition coefficient (Wildman–Crippen LogP) is 1.32. The quantitative estimate of drug-likeness (QED) is 0.722. The lowest BCUT2D eigenvalue weighted by Crippen LogP contribution is -2.58. The number of hydrogen-bond donors (Lipinski definition) is 2. The van der Waals surface area contributed by atoms with E-state index in [9.17, 15) is 19.8 Å². The minimum absolute atomic E-state index is 0.0417. The van der Waals surface area contributed by atoms with E-state index in [0.29, 0.717) is 24.4 Å². The van der Waals surface area contributed by atoms with Gasteiger partial charge in [-0.1, -0.05) is 12.1 Å². The summed E-state index contributed by atoms with van der Waals surface area (Å²) in [6.45, 7) is 0.285. The van der Waals surface area contributed by atoms with Gasteiger partial charge in [-0.15, -0.1) is 0 Å². The van der Waals surface area contributed by atoms with Gasteiger partial charge in [0.05, 0.1) is 18.9 Å². The molecule has 2 heterocycles. The molecule has 0 spiro atoms. The SMILES string of the molecule is COc1cccc(C[C@@]2(C(=O)O)CN(C(=O)CCc3cnccn3)CC[C@H]2O)c1. The highest BCUT2D eigenvalue weighted by Crippen LogP contribution is 2.35. The Morgan fingerprint density at radius 1 is 1.34 bits per heavy atom. The monoisotopic (exact) mass is 399 g/mol. The van der Waals surface area contributed by atoms with Crippen molar-refractivity contribution in [3.63, 3.8) is 0 Å². The molecule has 3 rings (SSSR count). The minimum Gasteiger partial charge on any atom is -0.497 e. The van der Waals surface area contributed by atoms with Gasteiger partial charge in [-0.2, -0.15) is 0 Å². The molecule has 29 heavy (non-hydrogen) atoms. The Kier molecular flexibility index (Phi) is 6.43. The second-order valence-corrected chi connectivity index (χ2v) is 7.31. The van der Waals surface area contributed by atoms with Gasteiger partial charge in [-0.3, -0.25) is 19.6 Å². The van der Waals surface area contributed by atoms with Gasteiger partial charge in [0.1, 0.15) is 11.2 Å². The first kappa shape index (κ1) is 20.7. The van der Waals surface area contributed by atoms with Crippen LogP contribution >= 0.6 is 0 Å². The van der Waals surface area contributed by atoms with Crippen molar-refractivity contribution in [3.8, 4) is 5.75 Å². The van der Waals surface area contributed by atoms with E-state index in [1.807, 2.05) is 0 Å². The average Bonchev–Trinajstić information content (AvgIpc) is 2.74. The van der Waals surface area contributed by atoms with Crippen LogP contribution in [-0.2, 0) is 22.4 Å². The number of carboxylic acid groups (broad SMARTS) is 1. The molecule has 1 aromatic heterocycles. The van der Waals surface area contributed by atoms with Crippen LogP contribution in [0.25, 0.3) is 0 Å². The van der Waals surface area contributed by atoms with E-state index in [4.69, 9.17) is 4.74 Å². The number of aryl methyl sites for hydroxylation is 1. The number of aromatic nitrogens is 2. The number of aliphatic hydroxyl groups excluding tert-OH is 1. The zero-order valence-corrected chi connectivity index (χ0v) is 16.3. The summed E-state index contributed by atoms with van der Waals surface area (Å²) in [5.41, 5.74) is -0.0225. The first-order valence-electron chi connectivity index (χ1n) is 9.51. The summed E-state index contributed by atoms with van der Waals surface area (Å²) in [4.78, 5) is 34.7. The van der Waals surface area contributed by atoms with Crippen LogP contribution in [0.4, 0.5) is 0 Å². The van der Waals surface area contributed by atoms with E-state index in [1.165, 1.54) is 4.90 Å². The Morgan fingerprint density at radius 2 is 2.17 bits per heavy atom. The van der Waals surface area contributed by atoms with Crippen molar-refractivity contribution in [2.75, 3.05) is 20.2 Å². The normalized spacial score (nSPS) is 21.6. The number of nitrogens with zero attached hydrogens (tertiary/aromatic N) is 3. The number of amides is 1. The number of carbonyl (C=O) groups excluding carboxylic acids is 1. The van der Waals surface area contributed by atoms with Gasteiger partial charge in [0.2, 0.25) is 5.91 Å². The molecule has 0 unspecified atom stereocenters. The molecule has 0 radical (unpaired) electrons. The van der Waals surface area contributed by atoms with Crippen LogP contribution < -0.4 is 4.74 Å². The Labute approximate surface area is 169 Å². The molecule has 154 valence electrons. The largest absolute Gasteiger partial charge is 0.497 e. The topological polar surface area (TPSA) is 113 Å². The number of carbonyl (C=O) groups is 2. The number of piperidine rings is 1. The molecule has 1 aromatic carbocycles. The van der Waals surface area contributed by atoms with E-state index < -0.39 is 17.5 Å². The van der Waals surface area contributed by atoms with Crippen molar-refractivity contribution in [2.24, 2.45) is 5.41 Å². The molecule has 1 fully saturated rings. The van der Waals surface area contributed by atoms with Crippen LogP contribution in [0.2, 0.25) is 0 Å². The van der Waals surface area contributed by atoms with Gasteiger partial charge >= 0.3 is 5.97 Å². The summed E-state index contributed by atoms with van der Waals surface area (Å²) in [5.74, 6) is -0.650. The maximum atomic E-state index is 12.7. The Bertz CT molecular complexity index is 860. The van der Waals surface area contributed by atoms with Gasteiger partial charge in [0.15, 0.2) is 0 Å². The first-order valence-corrected chi connectivity index (χ1v) is 9.51. The highest BCUT2D eigenvalue weighted by Gasteiger charge is 2.50. The molecule has 2 N–H and O–H groups in total. The summed E-state index contributed by atoms with van der Waals surface area (Å²) < 4.78 is 5.21. The summed E-state index contributed by atoms with van der Waals surface area (Å²) in [6.07, 6.45) is 4.66. The van der Waals surface area contributed by atoms with Crippen LogP contribution in [-0.4, -0.2) is 63.3 Å². The lowest BCUT2D eigenvalue weighted by atomic mass is 9.72. The average molecular weight is 399 g/mol. The number of ether oxygens (including phenoxy) is 1. The van der Waals surface area contributed by atoms with Crippen molar-refractivity contribution in [1.29, 1.82) is 0 Å². The lowest BCUT2D eigenvalue weighted by molar-refractivity contribution is -0.165. The molecule has 0 bridgehead atoms. The van der Waals surface area contributed by atoms with E-state index >= 15 is 0 Å². The van der Waals surface area contributed by atoms with E-state index in [2.05, 4.69) is 9.97 Å². The highest BCUT2D eigenvalue weighted by atomic mass is 16.5. The van der Waals surface area contributed by atoms with E-state index in [0.717, 1.165) is 5.56 Å². The Hall–Kier alpha value is -3.00. The number of benzene rings is 1. The molecule has 1 aliphatic heterocycles. The maximum absolute atomic E-state index is 12.7. The number of methoxy groups -OCH3 is 1. The van der Waals surface area contributed by atoms with E-state index in [-0.39, 0.29) is 31.7 Å². The zero-order valence-electron chi connectivity index (χ0n) is 16.3. The molecule has 0 aliphatic carbocycles. The second kappa shape index (κ2) is 9.00. The molecule has 0 saturated carbocycles. The fourth-order valence-corrected chi connectivity index (χ4v) is 3.75. The molecule has 1 saturated heterocycles. The van der Waals surface area contributed by atoms with Crippen molar-refractivity contribution in [2.45, 2.75) is 31.8 Å². The Morgan fingerprint density at radius 3 is 2.86 bits per heavy atom. The molecule has 8 nitrogen and oxygen atoms in total. The van der Waals surface area contributed by atoms with Crippen LogP contribution in [0.1, 0.15) is 24.1 Å². The minimum atomic E-state index is -1.47.